The third-order valence-corrected chi connectivity index (χ3v) is 4.73. The summed E-state index contributed by atoms with van der Waals surface area (Å²) in [7, 11) is 0. The van der Waals surface area contributed by atoms with Gasteiger partial charge in [-0.3, -0.25) is 14.4 Å². The number of fused-ring (bicyclic) bond motifs is 1. The molecule has 0 bridgehead atoms. The Morgan fingerprint density at radius 1 is 1.04 bits per heavy atom. The van der Waals surface area contributed by atoms with Gasteiger partial charge in [0, 0.05) is 6.54 Å². The van der Waals surface area contributed by atoms with Crippen LogP contribution in [0.3, 0.4) is 0 Å². The van der Waals surface area contributed by atoms with Crippen LogP contribution in [0.5, 0.6) is 0 Å². The van der Waals surface area contributed by atoms with Crippen LogP contribution in [0.1, 0.15) is 33.3 Å². The maximum atomic E-state index is 12.5. The topological polar surface area (TPSA) is 95.5 Å². The van der Waals surface area contributed by atoms with Crippen molar-refractivity contribution >= 4 is 28.6 Å². The lowest BCUT2D eigenvalue weighted by Gasteiger charge is -2.25. The van der Waals surface area contributed by atoms with Gasteiger partial charge in [-0.25, -0.2) is 0 Å². The third-order valence-electron chi connectivity index (χ3n) is 4.73. The molecule has 150 valence electrons. The average molecular weight is 384 g/mol. The smallest absolute Gasteiger partial charge is 0.310 e. The van der Waals surface area contributed by atoms with Crippen LogP contribution in [-0.4, -0.2) is 35.5 Å². The molecule has 0 radical (unpaired) electrons. The quantitative estimate of drug-likeness (QED) is 0.652. The van der Waals surface area contributed by atoms with Crippen molar-refractivity contribution < 1.29 is 19.5 Å². The van der Waals surface area contributed by atoms with Gasteiger partial charge in [0.2, 0.25) is 11.8 Å². The average Bonchev–Trinajstić information content (AvgIpc) is 2.63. The molecule has 0 saturated heterocycles. The molecular weight excluding hydrogens is 356 g/mol. The molecule has 0 aliphatic rings. The zero-order chi connectivity index (χ0) is 20.9. The van der Waals surface area contributed by atoms with Gasteiger partial charge in [0.1, 0.15) is 6.04 Å². The number of carbonyl (C=O) groups is 3. The molecule has 0 heterocycles. The van der Waals surface area contributed by atoms with E-state index in [0.29, 0.717) is 0 Å². The first-order valence-corrected chi connectivity index (χ1v) is 9.38. The summed E-state index contributed by atoms with van der Waals surface area (Å²) in [6.45, 7) is 6.74. The molecule has 0 aliphatic carbocycles. The molecule has 6 heteroatoms. The molecule has 1 unspecified atom stereocenters. The first-order chi connectivity index (χ1) is 13.1. The van der Waals surface area contributed by atoms with E-state index >= 15 is 0 Å². The number of nitrogens with one attached hydrogen (secondary N) is 2. The molecular formula is C22H28N2O4. The second kappa shape index (κ2) is 8.87. The maximum Gasteiger partial charge on any atom is 0.310 e. The number of hydrogen-bond donors (Lipinski definition) is 3. The van der Waals surface area contributed by atoms with Crippen LogP contribution < -0.4 is 10.6 Å². The molecule has 0 fully saturated rings. The van der Waals surface area contributed by atoms with Gasteiger partial charge in [-0.15, -0.1) is 0 Å². The predicted octanol–water partition coefficient (Wildman–Crippen LogP) is 2.75. The summed E-state index contributed by atoms with van der Waals surface area (Å²) < 4.78 is 0. The Bertz CT molecular complexity index is 874. The molecule has 1 atom stereocenters. The van der Waals surface area contributed by atoms with Gasteiger partial charge in [-0.2, -0.15) is 0 Å². The van der Waals surface area contributed by atoms with Gasteiger partial charge in [-0.05, 0) is 36.1 Å². The molecule has 28 heavy (non-hydrogen) atoms. The fourth-order valence-electron chi connectivity index (χ4n) is 2.79. The number of aliphatic carboxylic acids is 1. The van der Waals surface area contributed by atoms with Crippen LogP contribution in [0.15, 0.2) is 42.5 Å². The number of hydrogen-bond acceptors (Lipinski definition) is 3. The van der Waals surface area contributed by atoms with Gasteiger partial charge < -0.3 is 15.7 Å². The third kappa shape index (κ3) is 5.55. The van der Waals surface area contributed by atoms with Crippen molar-refractivity contribution in [2.45, 2.75) is 40.2 Å². The molecule has 0 spiro atoms. The highest BCUT2D eigenvalue weighted by atomic mass is 16.4. The van der Waals surface area contributed by atoms with Crippen LogP contribution in [0.4, 0.5) is 0 Å². The van der Waals surface area contributed by atoms with E-state index in [4.69, 9.17) is 5.11 Å². The van der Waals surface area contributed by atoms with Gasteiger partial charge in [-0.1, -0.05) is 56.3 Å². The number of amides is 2. The molecule has 2 rings (SSSR count). The number of benzene rings is 2. The lowest BCUT2D eigenvalue weighted by molar-refractivity contribution is -0.147. The monoisotopic (exact) mass is 384 g/mol. The van der Waals surface area contributed by atoms with Crippen molar-refractivity contribution in [3.8, 4) is 0 Å². The summed E-state index contributed by atoms with van der Waals surface area (Å²) in [6.07, 6.45) is 0.169. The number of carbonyl (C=O) groups excluding carboxylic acids is 2. The summed E-state index contributed by atoms with van der Waals surface area (Å²) in [5, 5.41) is 16.8. The van der Waals surface area contributed by atoms with Crippen molar-refractivity contribution in [3.05, 3.63) is 48.0 Å². The van der Waals surface area contributed by atoms with Gasteiger partial charge in [0.15, 0.2) is 0 Å². The Kier molecular flexibility index (Phi) is 6.78. The second-order valence-corrected chi connectivity index (χ2v) is 8.05. The standard InChI is InChI=1S/C22H28N2O4/c1-14(2)19(20(26)23-13-22(3,4)21(27)28)24-18(25)12-15-9-10-16-7-5-6-8-17(16)11-15/h5-11,14,19H,12-13H2,1-4H3,(H,23,26)(H,24,25)(H,27,28). The Hall–Kier alpha value is -2.89. The van der Waals surface area contributed by atoms with Crippen LogP contribution in [0.2, 0.25) is 0 Å². The van der Waals surface area contributed by atoms with E-state index in [9.17, 15) is 14.4 Å². The molecule has 2 amide bonds. The Balaban J connectivity index is 2.01. The van der Waals surface area contributed by atoms with Crippen molar-refractivity contribution in [1.82, 2.24) is 10.6 Å². The van der Waals surface area contributed by atoms with E-state index in [1.54, 1.807) is 0 Å². The van der Waals surface area contributed by atoms with Gasteiger partial charge >= 0.3 is 5.97 Å². The summed E-state index contributed by atoms with van der Waals surface area (Å²) in [5.74, 6) is -1.75. The first-order valence-electron chi connectivity index (χ1n) is 9.38. The normalized spacial score (nSPS) is 12.6. The van der Waals surface area contributed by atoms with E-state index in [0.717, 1.165) is 16.3 Å². The SMILES string of the molecule is CC(C)C(NC(=O)Cc1ccc2ccccc2c1)C(=O)NCC(C)(C)C(=O)O. The minimum atomic E-state index is -1.08. The molecule has 2 aromatic rings. The van der Waals surface area contributed by atoms with Crippen molar-refractivity contribution in [2.24, 2.45) is 11.3 Å². The van der Waals surface area contributed by atoms with Gasteiger partial charge in [0.25, 0.3) is 0 Å². The highest BCUT2D eigenvalue weighted by molar-refractivity contribution is 5.90. The zero-order valence-electron chi connectivity index (χ0n) is 16.8. The summed E-state index contributed by atoms with van der Waals surface area (Å²) in [5.41, 5.74) is -0.210. The second-order valence-electron chi connectivity index (χ2n) is 8.05. The Labute approximate surface area is 165 Å². The molecule has 0 saturated carbocycles. The molecule has 0 aromatic heterocycles. The molecule has 0 aliphatic heterocycles. The van der Waals surface area contributed by atoms with Crippen molar-refractivity contribution in [2.75, 3.05) is 6.54 Å². The number of rotatable bonds is 8. The van der Waals surface area contributed by atoms with Gasteiger partial charge in [0.05, 0.1) is 11.8 Å². The summed E-state index contributed by atoms with van der Waals surface area (Å²) in [6, 6.07) is 13.0. The molecule has 3 N–H and O–H groups in total. The van der Waals surface area contributed by atoms with Crippen LogP contribution >= 0.6 is 0 Å². The lowest BCUT2D eigenvalue weighted by Crippen LogP contribution is -2.52. The molecule has 6 nitrogen and oxygen atoms in total. The van der Waals surface area contributed by atoms with E-state index in [1.807, 2.05) is 56.3 Å². The Morgan fingerprint density at radius 3 is 2.29 bits per heavy atom. The number of carboxylic acids is 1. The lowest BCUT2D eigenvalue weighted by atomic mass is 9.93. The minimum absolute atomic E-state index is 0.00900. The summed E-state index contributed by atoms with van der Waals surface area (Å²) in [4.78, 5) is 36.2. The molecule has 2 aromatic carbocycles. The maximum absolute atomic E-state index is 12.5. The fraction of sp³-hybridized carbons (Fsp3) is 0.409. The zero-order valence-corrected chi connectivity index (χ0v) is 16.8. The van der Waals surface area contributed by atoms with E-state index < -0.39 is 17.4 Å². The largest absolute Gasteiger partial charge is 0.481 e. The van der Waals surface area contributed by atoms with Crippen molar-refractivity contribution in [1.29, 1.82) is 0 Å². The number of carboxylic acid groups (broad SMARTS) is 1. The van der Waals surface area contributed by atoms with Crippen molar-refractivity contribution in [3.63, 3.8) is 0 Å². The predicted molar refractivity (Wildman–Crippen MR) is 109 cm³/mol. The minimum Gasteiger partial charge on any atom is -0.481 e. The first kappa shape index (κ1) is 21.4. The van der Waals surface area contributed by atoms with E-state index in [1.165, 1.54) is 13.8 Å². The van der Waals surface area contributed by atoms with Crippen LogP contribution in [-0.2, 0) is 20.8 Å². The highest BCUT2D eigenvalue weighted by Crippen LogP contribution is 2.16. The summed E-state index contributed by atoms with van der Waals surface area (Å²) >= 11 is 0. The van der Waals surface area contributed by atoms with E-state index in [2.05, 4.69) is 10.6 Å². The van der Waals surface area contributed by atoms with E-state index in [-0.39, 0.29) is 30.7 Å². The van der Waals surface area contributed by atoms with Crippen LogP contribution in [0, 0.1) is 11.3 Å². The fourth-order valence-corrected chi connectivity index (χ4v) is 2.79. The Morgan fingerprint density at radius 2 is 1.68 bits per heavy atom. The highest BCUT2D eigenvalue weighted by Gasteiger charge is 2.30. The van der Waals surface area contributed by atoms with Crippen LogP contribution in [0.25, 0.3) is 10.8 Å².